The molecule has 0 saturated carbocycles. The SMILES string of the molecule is Cc1cccc2c1N(C)C(N)N2. The fourth-order valence-corrected chi connectivity index (χ4v) is 1.64. The third-order valence-electron chi connectivity index (χ3n) is 2.31. The van der Waals surface area contributed by atoms with Gasteiger partial charge in [-0.1, -0.05) is 12.1 Å². The summed E-state index contributed by atoms with van der Waals surface area (Å²) >= 11 is 0. The van der Waals surface area contributed by atoms with Crippen LogP contribution in [0.1, 0.15) is 5.56 Å². The molecule has 0 aromatic heterocycles. The lowest BCUT2D eigenvalue weighted by atomic mass is 10.2. The van der Waals surface area contributed by atoms with Crippen molar-refractivity contribution in [2.75, 3.05) is 17.3 Å². The van der Waals surface area contributed by atoms with Gasteiger partial charge in [-0.2, -0.15) is 0 Å². The van der Waals surface area contributed by atoms with Crippen LogP contribution in [-0.2, 0) is 0 Å². The summed E-state index contributed by atoms with van der Waals surface area (Å²) in [4.78, 5) is 2.05. The topological polar surface area (TPSA) is 41.3 Å². The van der Waals surface area contributed by atoms with Gasteiger partial charge in [0.05, 0.1) is 11.4 Å². The van der Waals surface area contributed by atoms with Crippen molar-refractivity contribution < 1.29 is 0 Å². The Balaban J connectivity index is 2.55. The molecule has 1 aromatic rings. The van der Waals surface area contributed by atoms with Gasteiger partial charge in [0, 0.05) is 7.05 Å². The Bertz CT molecular complexity index is 309. The average Bonchev–Trinajstić information content (AvgIpc) is 2.29. The molecule has 1 heterocycles. The smallest absolute Gasteiger partial charge is 0.152 e. The molecule has 2 rings (SSSR count). The molecule has 12 heavy (non-hydrogen) atoms. The van der Waals surface area contributed by atoms with Crippen LogP contribution in [0.15, 0.2) is 18.2 Å². The third-order valence-corrected chi connectivity index (χ3v) is 2.31. The van der Waals surface area contributed by atoms with Crippen molar-refractivity contribution in [3.05, 3.63) is 23.8 Å². The Morgan fingerprint density at radius 3 is 2.92 bits per heavy atom. The van der Waals surface area contributed by atoms with E-state index in [0.717, 1.165) is 5.69 Å². The van der Waals surface area contributed by atoms with Crippen LogP contribution >= 0.6 is 0 Å². The normalized spacial score (nSPS) is 20.6. The summed E-state index contributed by atoms with van der Waals surface area (Å²) in [6, 6.07) is 6.17. The quantitative estimate of drug-likeness (QED) is 0.601. The monoisotopic (exact) mass is 163 g/mol. The van der Waals surface area contributed by atoms with Gasteiger partial charge < -0.3 is 10.2 Å². The number of nitrogens with two attached hydrogens (primary N) is 1. The van der Waals surface area contributed by atoms with Gasteiger partial charge >= 0.3 is 0 Å². The second-order valence-electron chi connectivity index (χ2n) is 3.17. The lowest BCUT2D eigenvalue weighted by Crippen LogP contribution is -2.40. The molecule has 1 aromatic carbocycles. The first kappa shape index (κ1) is 7.43. The molecule has 64 valence electrons. The number of hydrogen-bond acceptors (Lipinski definition) is 3. The first-order valence-corrected chi connectivity index (χ1v) is 4.05. The number of fused-ring (bicyclic) bond motifs is 1. The second-order valence-corrected chi connectivity index (χ2v) is 3.17. The number of nitrogens with one attached hydrogen (secondary N) is 1. The zero-order valence-electron chi connectivity index (χ0n) is 7.33. The standard InChI is InChI=1S/C9H13N3/c1-6-4-3-5-7-8(6)12(2)9(10)11-7/h3-5,9,11H,10H2,1-2H3. The predicted molar refractivity (Wildman–Crippen MR) is 51.2 cm³/mol. The molecule has 1 aliphatic rings. The number of para-hydroxylation sites is 1. The van der Waals surface area contributed by atoms with E-state index in [0.29, 0.717) is 0 Å². The highest BCUT2D eigenvalue weighted by Crippen LogP contribution is 2.34. The zero-order valence-corrected chi connectivity index (χ0v) is 7.33. The molecule has 0 bridgehead atoms. The minimum atomic E-state index is -0.0823. The Morgan fingerprint density at radius 2 is 2.25 bits per heavy atom. The van der Waals surface area contributed by atoms with E-state index in [-0.39, 0.29) is 6.29 Å². The van der Waals surface area contributed by atoms with Crippen molar-refractivity contribution in [1.82, 2.24) is 0 Å². The van der Waals surface area contributed by atoms with Crippen LogP contribution in [0.4, 0.5) is 11.4 Å². The molecule has 0 spiro atoms. The first-order chi connectivity index (χ1) is 5.70. The summed E-state index contributed by atoms with van der Waals surface area (Å²) in [5, 5.41) is 3.19. The van der Waals surface area contributed by atoms with Gasteiger partial charge in [-0.05, 0) is 18.6 Å². The summed E-state index contributed by atoms with van der Waals surface area (Å²) < 4.78 is 0. The van der Waals surface area contributed by atoms with Crippen molar-refractivity contribution in [2.45, 2.75) is 13.2 Å². The van der Waals surface area contributed by atoms with E-state index in [1.807, 2.05) is 24.1 Å². The van der Waals surface area contributed by atoms with E-state index < -0.39 is 0 Å². The highest BCUT2D eigenvalue weighted by Gasteiger charge is 2.22. The number of aryl methyl sites for hydroxylation is 1. The van der Waals surface area contributed by atoms with E-state index in [1.165, 1.54) is 11.3 Å². The van der Waals surface area contributed by atoms with Gasteiger partial charge in [-0.25, -0.2) is 0 Å². The number of benzene rings is 1. The number of anilines is 2. The average molecular weight is 163 g/mol. The van der Waals surface area contributed by atoms with Crippen LogP contribution in [0, 0.1) is 6.92 Å². The largest absolute Gasteiger partial charge is 0.351 e. The van der Waals surface area contributed by atoms with Gasteiger partial charge in [0.25, 0.3) is 0 Å². The summed E-state index contributed by atoms with van der Waals surface area (Å²) in [6.07, 6.45) is -0.0823. The number of nitrogens with zero attached hydrogens (tertiary/aromatic N) is 1. The van der Waals surface area contributed by atoms with E-state index in [2.05, 4.69) is 18.3 Å². The predicted octanol–water partition coefficient (Wildman–Crippen LogP) is 1.10. The summed E-state index contributed by atoms with van der Waals surface area (Å²) in [5.41, 5.74) is 9.41. The first-order valence-electron chi connectivity index (χ1n) is 4.05. The van der Waals surface area contributed by atoms with Crippen molar-refractivity contribution in [3.8, 4) is 0 Å². The fourth-order valence-electron chi connectivity index (χ4n) is 1.64. The Morgan fingerprint density at radius 1 is 1.50 bits per heavy atom. The Hall–Kier alpha value is -1.22. The minimum absolute atomic E-state index is 0.0823. The van der Waals surface area contributed by atoms with Gasteiger partial charge in [0.2, 0.25) is 0 Å². The molecule has 3 nitrogen and oxygen atoms in total. The number of hydrogen-bond donors (Lipinski definition) is 2. The molecule has 0 saturated heterocycles. The summed E-state index contributed by atoms with van der Waals surface area (Å²) in [5.74, 6) is 0. The molecule has 3 heteroatoms. The van der Waals surface area contributed by atoms with E-state index >= 15 is 0 Å². The molecule has 1 unspecified atom stereocenters. The maximum atomic E-state index is 5.81. The summed E-state index contributed by atoms with van der Waals surface area (Å²) in [7, 11) is 2.00. The van der Waals surface area contributed by atoms with Crippen molar-refractivity contribution in [2.24, 2.45) is 5.73 Å². The highest BCUT2D eigenvalue weighted by molar-refractivity contribution is 5.78. The van der Waals surface area contributed by atoms with Crippen LogP contribution in [0.2, 0.25) is 0 Å². The second kappa shape index (κ2) is 2.38. The molecule has 1 aliphatic heterocycles. The number of rotatable bonds is 0. The highest BCUT2D eigenvalue weighted by atomic mass is 15.4. The van der Waals surface area contributed by atoms with E-state index in [1.54, 1.807) is 0 Å². The molecule has 0 fully saturated rings. The molecular formula is C9H13N3. The van der Waals surface area contributed by atoms with Gasteiger partial charge in [-0.15, -0.1) is 0 Å². The van der Waals surface area contributed by atoms with Crippen LogP contribution < -0.4 is 16.0 Å². The van der Waals surface area contributed by atoms with E-state index in [4.69, 9.17) is 5.73 Å². The van der Waals surface area contributed by atoms with Gasteiger partial charge in [-0.3, -0.25) is 5.73 Å². The Labute approximate surface area is 72.2 Å². The van der Waals surface area contributed by atoms with Crippen LogP contribution in [0.3, 0.4) is 0 Å². The molecule has 0 radical (unpaired) electrons. The van der Waals surface area contributed by atoms with E-state index in [9.17, 15) is 0 Å². The molecule has 0 aliphatic carbocycles. The van der Waals surface area contributed by atoms with Gasteiger partial charge in [0.15, 0.2) is 6.29 Å². The minimum Gasteiger partial charge on any atom is -0.351 e. The molecule has 3 N–H and O–H groups in total. The maximum absolute atomic E-state index is 5.81. The Kier molecular flexibility index (Phi) is 1.48. The lowest BCUT2D eigenvalue weighted by molar-refractivity contribution is 0.768. The van der Waals surface area contributed by atoms with Crippen LogP contribution in [0.5, 0.6) is 0 Å². The van der Waals surface area contributed by atoms with Crippen molar-refractivity contribution in [1.29, 1.82) is 0 Å². The van der Waals surface area contributed by atoms with Crippen LogP contribution in [-0.4, -0.2) is 13.3 Å². The fraction of sp³-hybridized carbons (Fsp3) is 0.333. The molecule has 0 amide bonds. The third kappa shape index (κ3) is 0.865. The van der Waals surface area contributed by atoms with Gasteiger partial charge in [0.1, 0.15) is 0 Å². The summed E-state index contributed by atoms with van der Waals surface area (Å²) in [6.45, 7) is 2.09. The zero-order chi connectivity index (χ0) is 8.72. The van der Waals surface area contributed by atoms with Crippen LogP contribution in [0.25, 0.3) is 0 Å². The lowest BCUT2D eigenvalue weighted by Gasteiger charge is -2.18. The van der Waals surface area contributed by atoms with Crippen molar-refractivity contribution in [3.63, 3.8) is 0 Å². The maximum Gasteiger partial charge on any atom is 0.152 e. The molecule has 1 atom stereocenters. The molecular weight excluding hydrogens is 150 g/mol. The van der Waals surface area contributed by atoms with Crippen molar-refractivity contribution >= 4 is 11.4 Å².